The first-order chi connectivity index (χ1) is 8.97. The number of rotatable bonds is 3. The van der Waals surface area contributed by atoms with Crippen molar-refractivity contribution in [3.05, 3.63) is 69.7 Å². The summed E-state index contributed by atoms with van der Waals surface area (Å²) in [6.07, 6.45) is -0.120. The van der Waals surface area contributed by atoms with Gasteiger partial charge in [0.2, 0.25) is 0 Å². The highest BCUT2D eigenvalue weighted by molar-refractivity contribution is 6.30. The standard InChI is InChI=1S/C15H11ClF2O/c1-9-2-3-11(6-13(9)17)15(19)7-10-4-5-12(16)8-14(10)18/h2-6,8H,7H2,1H3. The van der Waals surface area contributed by atoms with Crippen LogP contribution in [0.1, 0.15) is 21.5 Å². The number of carbonyl (C=O) groups excluding carboxylic acids is 1. The van der Waals surface area contributed by atoms with Crippen LogP contribution in [0, 0.1) is 18.6 Å². The molecule has 98 valence electrons. The van der Waals surface area contributed by atoms with Gasteiger partial charge in [0.25, 0.3) is 0 Å². The predicted octanol–water partition coefficient (Wildman–Crippen LogP) is 4.35. The van der Waals surface area contributed by atoms with E-state index >= 15 is 0 Å². The van der Waals surface area contributed by atoms with Gasteiger partial charge in [-0.15, -0.1) is 0 Å². The van der Waals surface area contributed by atoms with Crippen molar-refractivity contribution in [1.29, 1.82) is 0 Å². The minimum Gasteiger partial charge on any atom is -0.294 e. The quantitative estimate of drug-likeness (QED) is 0.764. The summed E-state index contributed by atoms with van der Waals surface area (Å²) in [7, 11) is 0. The molecule has 0 N–H and O–H groups in total. The van der Waals surface area contributed by atoms with Gasteiger partial charge >= 0.3 is 0 Å². The van der Waals surface area contributed by atoms with Crippen molar-refractivity contribution in [2.45, 2.75) is 13.3 Å². The second-order valence-electron chi connectivity index (χ2n) is 4.30. The third-order valence-corrected chi connectivity index (χ3v) is 3.10. The molecule has 0 amide bonds. The van der Waals surface area contributed by atoms with Crippen LogP contribution in [0.15, 0.2) is 36.4 Å². The second-order valence-corrected chi connectivity index (χ2v) is 4.74. The van der Waals surface area contributed by atoms with Gasteiger partial charge in [0.15, 0.2) is 5.78 Å². The van der Waals surface area contributed by atoms with Crippen molar-refractivity contribution in [3.63, 3.8) is 0 Å². The van der Waals surface area contributed by atoms with Gasteiger partial charge in [0.1, 0.15) is 11.6 Å². The van der Waals surface area contributed by atoms with E-state index in [0.717, 1.165) is 6.07 Å². The van der Waals surface area contributed by atoms with Gasteiger partial charge in [-0.2, -0.15) is 0 Å². The largest absolute Gasteiger partial charge is 0.294 e. The van der Waals surface area contributed by atoms with Crippen molar-refractivity contribution in [2.24, 2.45) is 0 Å². The van der Waals surface area contributed by atoms with Gasteiger partial charge in [0.05, 0.1) is 0 Å². The van der Waals surface area contributed by atoms with Crippen molar-refractivity contribution in [3.8, 4) is 0 Å². The van der Waals surface area contributed by atoms with Gasteiger partial charge in [-0.05, 0) is 36.2 Å². The zero-order chi connectivity index (χ0) is 14.0. The highest BCUT2D eigenvalue weighted by Crippen LogP contribution is 2.17. The molecule has 0 bridgehead atoms. The van der Waals surface area contributed by atoms with E-state index in [4.69, 9.17) is 11.6 Å². The SMILES string of the molecule is Cc1ccc(C(=O)Cc2ccc(Cl)cc2F)cc1F. The summed E-state index contributed by atoms with van der Waals surface area (Å²) in [5.41, 5.74) is 0.946. The summed E-state index contributed by atoms with van der Waals surface area (Å²) in [4.78, 5) is 11.9. The second kappa shape index (κ2) is 5.49. The van der Waals surface area contributed by atoms with Crippen LogP contribution in [-0.4, -0.2) is 5.78 Å². The van der Waals surface area contributed by atoms with Crippen LogP contribution >= 0.6 is 11.6 Å². The maximum Gasteiger partial charge on any atom is 0.167 e. The van der Waals surface area contributed by atoms with Crippen LogP contribution in [0.4, 0.5) is 8.78 Å². The molecule has 0 radical (unpaired) electrons. The first-order valence-corrected chi connectivity index (χ1v) is 6.08. The van der Waals surface area contributed by atoms with Crippen LogP contribution in [0.2, 0.25) is 5.02 Å². The number of hydrogen-bond acceptors (Lipinski definition) is 1. The zero-order valence-electron chi connectivity index (χ0n) is 10.2. The van der Waals surface area contributed by atoms with Gasteiger partial charge in [-0.3, -0.25) is 4.79 Å². The molecule has 0 atom stereocenters. The maximum atomic E-state index is 13.6. The van der Waals surface area contributed by atoms with Gasteiger partial charge in [-0.1, -0.05) is 29.8 Å². The number of aryl methyl sites for hydroxylation is 1. The molecule has 0 unspecified atom stereocenters. The first kappa shape index (κ1) is 13.7. The maximum absolute atomic E-state index is 13.6. The van der Waals surface area contributed by atoms with Crippen LogP contribution in [0.3, 0.4) is 0 Å². The van der Waals surface area contributed by atoms with Crippen molar-refractivity contribution in [2.75, 3.05) is 0 Å². The molecule has 2 aromatic carbocycles. The summed E-state index contributed by atoms with van der Waals surface area (Å²) in [6, 6.07) is 8.36. The van der Waals surface area contributed by atoms with Gasteiger partial charge in [0, 0.05) is 17.0 Å². The monoisotopic (exact) mass is 280 g/mol. The predicted molar refractivity (Wildman–Crippen MR) is 70.6 cm³/mol. The Morgan fingerprint density at radius 1 is 1.11 bits per heavy atom. The van der Waals surface area contributed by atoms with E-state index in [0.29, 0.717) is 5.56 Å². The molecular weight excluding hydrogens is 270 g/mol. The van der Waals surface area contributed by atoms with E-state index in [1.165, 1.54) is 30.3 Å². The van der Waals surface area contributed by atoms with Crippen molar-refractivity contribution in [1.82, 2.24) is 0 Å². The Morgan fingerprint density at radius 3 is 2.47 bits per heavy atom. The normalized spacial score (nSPS) is 10.5. The van der Waals surface area contributed by atoms with E-state index in [9.17, 15) is 13.6 Å². The first-order valence-electron chi connectivity index (χ1n) is 5.70. The molecule has 0 spiro atoms. The Balaban J connectivity index is 2.23. The molecule has 2 aromatic rings. The summed E-state index contributed by atoms with van der Waals surface area (Å²) in [5.74, 6) is -1.31. The molecule has 19 heavy (non-hydrogen) atoms. The fourth-order valence-corrected chi connectivity index (χ4v) is 1.87. The molecule has 0 heterocycles. The average Bonchev–Trinajstić information content (AvgIpc) is 2.36. The third kappa shape index (κ3) is 3.18. The van der Waals surface area contributed by atoms with Crippen molar-refractivity contribution < 1.29 is 13.6 Å². The Labute approximate surface area is 114 Å². The lowest BCUT2D eigenvalue weighted by molar-refractivity contribution is 0.0991. The number of benzene rings is 2. The van der Waals surface area contributed by atoms with Crippen LogP contribution < -0.4 is 0 Å². The molecule has 0 saturated heterocycles. The number of ketones is 1. The number of halogens is 3. The Morgan fingerprint density at radius 2 is 1.84 bits per heavy atom. The summed E-state index contributed by atoms with van der Waals surface area (Å²) in [6.45, 7) is 1.61. The minimum atomic E-state index is -0.534. The molecule has 0 saturated carbocycles. The smallest absolute Gasteiger partial charge is 0.167 e. The Kier molecular flexibility index (Phi) is 3.96. The molecule has 1 nitrogen and oxygen atoms in total. The average molecular weight is 281 g/mol. The molecular formula is C15H11ClF2O. The molecule has 4 heteroatoms. The minimum absolute atomic E-state index is 0.120. The lowest BCUT2D eigenvalue weighted by atomic mass is 10.0. The van der Waals surface area contributed by atoms with E-state index in [-0.39, 0.29) is 28.4 Å². The molecule has 0 aliphatic rings. The fourth-order valence-electron chi connectivity index (χ4n) is 1.71. The number of hydrogen-bond donors (Lipinski definition) is 0. The zero-order valence-corrected chi connectivity index (χ0v) is 11.0. The number of carbonyl (C=O) groups is 1. The van der Waals surface area contributed by atoms with E-state index < -0.39 is 11.6 Å². The van der Waals surface area contributed by atoms with E-state index in [2.05, 4.69) is 0 Å². The van der Waals surface area contributed by atoms with Gasteiger partial charge < -0.3 is 0 Å². The summed E-state index contributed by atoms with van der Waals surface area (Å²) in [5, 5.41) is 0.273. The topological polar surface area (TPSA) is 17.1 Å². The fraction of sp³-hybridized carbons (Fsp3) is 0.133. The Hall–Kier alpha value is -1.74. The van der Waals surface area contributed by atoms with Crippen LogP contribution in [0.5, 0.6) is 0 Å². The molecule has 2 rings (SSSR count). The van der Waals surface area contributed by atoms with Crippen LogP contribution in [0.25, 0.3) is 0 Å². The highest BCUT2D eigenvalue weighted by Gasteiger charge is 2.12. The lowest BCUT2D eigenvalue weighted by Crippen LogP contribution is -2.06. The molecule has 0 aliphatic carbocycles. The van der Waals surface area contributed by atoms with Crippen molar-refractivity contribution >= 4 is 17.4 Å². The third-order valence-electron chi connectivity index (χ3n) is 2.86. The summed E-state index contributed by atoms with van der Waals surface area (Å²) >= 11 is 5.63. The Bertz CT molecular complexity index is 638. The lowest BCUT2D eigenvalue weighted by Gasteiger charge is -2.05. The van der Waals surface area contributed by atoms with Gasteiger partial charge in [-0.25, -0.2) is 8.78 Å². The number of Topliss-reactive ketones (excluding diaryl/α,β-unsaturated/α-hetero) is 1. The van der Waals surface area contributed by atoms with Crippen LogP contribution in [-0.2, 0) is 6.42 Å². The summed E-state index contributed by atoms with van der Waals surface area (Å²) < 4.78 is 26.9. The molecule has 0 aromatic heterocycles. The molecule has 0 aliphatic heterocycles. The molecule has 0 fully saturated rings. The van der Waals surface area contributed by atoms with E-state index in [1.54, 1.807) is 6.92 Å². The highest BCUT2D eigenvalue weighted by atomic mass is 35.5. The van der Waals surface area contributed by atoms with E-state index in [1.807, 2.05) is 0 Å².